The first kappa shape index (κ1) is 15.9. The van der Waals surface area contributed by atoms with Crippen molar-refractivity contribution in [1.82, 2.24) is 10.2 Å². The minimum Gasteiger partial charge on any atom is -0.469 e. The zero-order valence-electron chi connectivity index (χ0n) is 10.4. The largest absolute Gasteiger partial charge is 0.631 e. The summed E-state index contributed by atoms with van der Waals surface area (Å²) in [5.74, 6) is 0.562. The molecule has 0 bridgehead atoms. The first-order valence-electron chi connectivity index (χ1n) is 5.01. The summed E-state index contributed by atoms with van der Waals surface area (Å²) in [7, 11) is -2.17. The number of nitrogens with one attached hydrogen (secondary N) is 1. The van der Waals surface area contributed by atoms with Crippen LogP contribution in [0.5, 0.6) is 5.88 Å². The van der Waals surface area contributed by atoms with Gasteiger partial charge in [-0.3, -0.25) is 0 Å². The Morgan fingerprint density at radius 2 is 1.71 bits per heavy atom. The highest BCUT2D eigenvalue weighted by Gasteiger charge is 2.37. The summed E-state index contributed by atoms with van der Waals surface area (Å²) in [4.78, 5) is 0. The van der Waals surface area contributed by atoms with Crippen molar-refractivity contribution in [2.24, 2.45) is 0 Å². The number of aliphatic hydroxyl groups is 1. The van der Waals surface area contributed by atoms with Crippen LogP contribution in [0.1, 0.15) is 27.7 Å². The van der Waals surface area contributed by atoms with Crippen LogP contribution in [0.4, 0.5) is 0 Å². The van der Waals surface area contributed by atoms with Gasteiger partial charge in [0.25, 0.3) is 0 Å². The predicted octanol–water partition coefficient (Wildman–Crippen LogP) is -0.714. The number of hydrogen-bond acceptors (Lipinski definition) is 6. The Kier molecular flexibility index (Phi) is 5.63. The Labute approximate surface area is 100 Å². The van der Waals surface area contributed by atoms with Gasteiger partial charge in [-0.25, -0.2) is 5.10 Å². The second-order valence-electron chi connectivity index (χ2n) is 4.44. The van der Waals surface area contributed by atoms with E-state index < -0.39 is 18.5 Å². The Morgan fingerprint density at radius 3 is 2.00 bits per heavy atom. The molecule has 0 unspecified atom stereocenters. The van der Waals surface area contributed by atoms with Gasteiger partial charge in [-0.2, -0.15) is 5.10 Å². The lowest BCUT2D eigenvalue weighted by Gasteiger charge is -2.36. The standard InChI is InChI=1S/C9H16N2O2.BH3O3/c1-8(2,12)9(3,4)13-7-5-6-10-11-7;2-1(3)4/h5-6,12H,1-4H3,(H,10,11);2-4H. The van der Waals surface area contributed by atoms with Gasteiger partial charge in [-0.15, -0.1) is 0 Å². The van der Waals surface area contributed by atoms with E-state index in [1.807, 2.05) is 13.8 Å². The van der Waals surface area contributed by atoms with Crippen LogP contribution in [0.15, 0.2) is 12.3 Å². The van der Waals surface area contributed by atoms with Gasteiger partial charge < -0.3 is 24.9 Å². The van der Waals surface area contributed by atoms with Crippen molar-refractivity contribution in [1.29, 1.82) is 0 Å². The molecule has 0 aromatic carbocycles. The summed E-state index contributed by atoms with van der Waals surface area (Å²) in [6.07, 6.45) is 1.61. The number of rotatable bonds is 3. The van der Waals surface area contributed by atoms with Crippen molar-refractivity contribution >= 4 is 7.32 Å². The van der Waals surface area contributed by atoms with E-state index >= 15 is 0 Å². The normalized spacial score (nSPS) is 11.5. The second-order valence-corrected chi connectivity index (χ2v) is 4.44. The summed E-state index contributed by atoms with van der Waals surface area (Å²) >= 11 is 0. The molecule has 0 saturated heterocycles. The van der Waals surface area contributed by atoms with E-state index in [1.54, 1.807) is 26.1 Å². The van der Waals surface area contributed by atoms with E-state index in [-0.39, 0.29) is 0 Å². The smallest absolute Gasteiger partial charge is 0.469 e. The average Bonchev–Trinajstić information content (AvgIpc) is 2.52. The maximum absolute atomic E-state index is 9.78. The SMILES string of the molecule is CC(C)(O)C(C)(C)Oc1ccn[nH]1.OB(O)O. The Balaban J connectivity index is 0.000000557. The molecule has 98 valence electrons. The summed E-state index contributed by atoms with van der Waals surface area (Å²) in [5, 5.41) is 37.7. The van der Waals surface area contributed by atoms with Gasteiger partial charge in [-0.05, 0) is 27.7 Å². The molecule has 1 aromatic heterocycles. The third-order valence-corrected chi connectivity index (χ3v) is 2.31. The molecule has 0 radical (unpaired) electrons. The monoisotopic (exact) mass is 246 g/mol. The van der Waals surface area contributed by atoms with Gasteiger partial charge in [0.05, 0.1) is 11.8 Å². The van der Waals surface area contributed by atoms with Crippen LogP contribution < -0.4 is 4.74 Å². The summed E-state index contributed by atoms with van der Waals surface area (Å²) < 4.78 is 5.54. The van der Waals surface area contributed by atoms with Gasteiger partial charge >= 0.3 is 7.32 Å². The van der Waals surface area contributed by atoms with Crippen LogP contribution in [-0.4, -0.2) is 48.9 Å². The second kappa shape index (κ2) is 6.01. The number of ether oxygens (including phenoxy) is 1. The van der Waals surface area contributed by atoms with Crippen LogP contribution in [0.2, 0.25) is 0 Å². The van der Waals surface area contributed by atoms with Gasteiger partial charge in [0.2, 0.25) is 5.88 Å². The van der Waals surface area contributed by atoms with Crippen LogP contribution in [-0.2, 0) is 0 Å². The third kappa shape index (κ3) is 6.27. The molecule has 0 amide bonds. The van der Waals surface area contributed by atoms with E-state index in [2.05, 4.69) is 10.2 Å². The minimum atomic E-state index is -2.17. The molecule has 1 aromatic rings. The molecule has 8 heteroatoms. The van der Waals surface area contributed by atoms with Crippen molar-refractivity contribution in [2.45, 2.75) is 38.9 Å². The zero-order chi connectivity index (χ0) is 13.7. The maximum Gasteiger partial charge on any atom is 0.631 e. The zero-order valence-corrected chi connectivity index (χ0v) is 10.4. The molecule has 5 N–H and O–H groups in total. The molecule has 17 heavy (non-hydrogen) atoms. The fraction of sp³-hybridized carbons (Fsp3) is 0.667. The topological polar surface area (TPSA) is 119 Å². The number of nitrogens with zero attached hydrogens (tertiary/aromatic N) is 1. The molecule has 1 heterocycles. The van der Waals surface area contributed by atoms with Crippen molar-refractivity contribution in [3.8, 4) is 5.88 Å². The summed E-state index contributed by atoms with van der Waals surface area (Å²) in [5.41, 5.74) is -1.56. The fourth-order valence-corrected chi connectivity index (χ4v) is 0.700. The van der Waals surface area contributed by atoms with E-state index in [0.29, 0.717) is 5.88 Å². The van der Waals surface area contributed by atoms with Crippen LogP contribution >= 0.6 is 0 Å². The lowest BCUT2D eigenvalue weighted by atomic mass is 9.89. The molecule has 0 atom stereocenters. The number of H-pyrrole nitrogens is 1. The molecule has 0 fully saturated rings. The molecule has 0 spiro atoms. The van der Waals surface area contributed by atoms with Gasteiger partial charge in [0, 0.05) is 6.07 Å². The molecular formula is C9H19BN2O5. The molecule has 0 aliphatic rings. The number of aromatic nitrogens is 2. The number of aromatic amines is 1. The van der Waals surface area contributed by atoms with E-state index in [4.69, 9.17) is 19.8 Å². The highest BCUT2D eigenvalue weighted by atomic mass is 16.5. The van der Waals surface area contributed by atoms with Gasteiger partial charge in [0.15, 0.2) is 0 Å². The Bertz CT molecular complexity index is 305. The molecule has 7 nitrogen and oxygen atoms in total. The lowest BCUT2D eigenvalue weighted by Crippen LogP contribution is -2.49. The maximum atomic E-state index is 9.78. The highest BCUT2D eigenvalue weighted by Crippen LogP contribution is 2.26. The van der Waals surface area contributed by atoms with Gasteiger partial charge in [-0.1, -0.05) is 0 Å². The molecule has 0 aliphatic heterocycles. The van der Waals surface area contributed by atoms with Crippen molar-refractivity contribution in [2.75, 3.05) is 0 Å². The average molecular weight is 246 g/mol. The molecular weight excluding hydrogens is 227 g/mol. The third-order valence-electron chi connectivity index (χ3n) is 2.31. The summed E-state index contributed by atoms with van der Waals surface area (Å²) in [6.45, 7) is 7.08. The molecule has 0 aliphatic carbocycles. The Morgan fingerprint density at radius 1 is 1.24 bits per heavy atom. The molecule has 1 rings (SSSR count). The van der Waals surface area contributed by atoms with Crippen molar-refractivity contribution < 1.29 is 24.9 Å². The first-order chi connectivity index (χ1) is 7.56. The van der Waals surface area contributed by atoms with Crippen LogP contribution in [0, 0.1) is 0 Å². The first-order valence-corrected chi connectivity index (χ1v) is 5.01. The number of hydrogen-bond donors (Lipinski definition) is 5. The molecule has 0 saturated carbocycles. The quantitative estimate of drug-likeness (QED) is 0.449. The van der Waals surface area contributed by atoms with Crippen LogP contribution in [0.25, 0.3) is 0 Å². The Hall–Kier alpha value is -1.09. The lowest BCUT2D eigenvalue weighted by molar-refractivity contribution is -0.0925. The van der Waals surface area contributed by atoms with Crippen molar-refractivity contribution in [3.63, 3.8) is 0 Å². The van der Waals surface area contributed by atoms with Crippen molar-refractivity contribution in [3.05, 3.63) is 12.3 Å². The highest BCUT2D eigenvalue weighted by molar-refractivity contribution is 6.30. The fourth-order valence-electron chi connectivity index (χ4n) is 0.700. The predicted molar refractivity (Wildman–Crippen MR) is 62.0 cm³/mol. The van der Waals surface area contributed by atoms with Crippen LogP contribution in [0.3, 0.4) is 0 Å². The van der Waals surface area contributed by atoms with Gasteiger partial charge in [0.1, 0.15) is 5.60 Å². The minimum absolute atomic E-state index is 0.562. The summed E-state index contributed by atoms with van der Waals surface area (Å²) in [6, 6.07) is 1.72. The van der Waals surface area contributed by atoms with E-state index in [1.165, 1.54) is 0 Å². The van der Waals surface area contributed by atoms with E-state index in [9.17, 15) is 5.11 Å². The van der Waals surface area contributed by atoms with E-state index in [0.717, 1.165) is 0 Å².